The lowest BCUT2D eigenvalue weighted by Gasteiger charge is -2.05. The fourth-order valence-electron chi connectivity index (χ4n) is 1.00. The highest BCUT2D eigenvalue weighted by atomic mass is 32.2. The predicted octanol–water partition coefficient (Wildman–Crippen LogP) is 3.23. The van der Waals surface area contributed by atoms with Crippen molar-refractivity contribution in [2.24, 2.45) is 4.40 Å². The smallest absolute Gasteiger partial charge is 0.0817 e. The number of thioether (sulfide) groups is 1. The van der Waals surface area contributed by atoms with Gasteiger partial charge in [-0.25, -0.2) is 4.40 Å². The Morgan fingerprint density at radius 1 is 1.33 bits per heavy atom. The first-order valence-corrected chi connectivity index (χ1v) is 5.56. The number of rotatable bonds is 2. The summed E-state index contributed by atoms with van der Waals surface area (Å²) in [6, 6.07) is 10.5. The monoisotopic (exact) mass is 195 g/mol. The van der Waals surface area contributed by atoms with E-state index in [1.54, 1.807) is 11.9 Å². The van der Waals surface area contributed by atoms with Crippen LogP contribution in [0.1, 0.15) is 6.42 Å². The van der Waals surface area contributed by atoms with Gasteiger partial charge in [-0.1, -0.05) is 18.2 Å². The summed E-state index contributed by atoms with van der Waals surface area (Å²) in [5.74, 6) is 0. The lowest BCUT2D eigenvalue weighted by Crippen LogP contribution is -1.89. The summed E-state index contributed by atoms with van der Waals surface area (Å²) in [5.41, 5.74) is 0. The summed E-state index contributed by atoms with van der Waals surface area (Å²) < 4.78 is 4.72. The van der Waals surface area contributed by atoms with Crippen molar-refractivity contribution < 1.29 is 0 Å². The van der Waals surface area contributed by atoms with Gasteiger partial charge in [0.25, 0.3) is 0 Å². The number of hydrogen-bond donors (Lipinski definition) is 0. The second-order valence-electron chi connectivity index (χ2n) is 2.49. The van der Waals surface area contributed by atoms with E-state index in [1.165, 1.54) is 4.90 Å². The van der Waals surface area contributed by atoms with E-state index in [0.29, 0.717) is 4.58 Å². The van der Waals surface area contributed by atoms with Crippen LogP contribution in [0.25, 0.3) is 0 Å². The number of hydrogen-bond acceptors (Lipinski definition) is 3. The van der Waals surface area contributed by atoms with E-state index in [2.05, 4.69) is 28.7 Å². The minimum Gasteiger partial charge on any atom is -0.228 e. The molecule has 0 saturated carbocycles. The molecule has 0 amide bonds. The zero-order chi connectivity index (χ0) is 8.23. The van der Waals surface area contributed by atoms with E-state index in [4.69, 9.17) is 0 Å². The highest BCUT2D eigenvalue weighted by molar-refractivity contribution is 8.16. The summed E-state index contributed by atoms with van der Waals surface area (Å²) in [7, 11) is 0. The maximum Gasteiger partial charge on any atom is 0.0817 e. The van der Waals surface area contributed by atoms with Gasteiger partial charge in [0.2, 0.25) is 0 Å². The van der Waals surface area contributed by atoms with Crippen LogP contribution in [0.2, 0.25) is 0 Å². The van der Waals surface area contributed by atoms with Crippen molar-refractivity contribution in [2.75, 3.05) is 0 Å². The van der Waals surface area contributed by atoms with Gasteiger partial charge in [-0.05, 0) is 24.1 Å². The molecule has 1 unspecified atom stereocenters. The topological polar surface area (TPSA) is 12.4 Å². The molecular formula is C9H9NS2. The Morgan fingerprint density at radius 2 is 2.17 bits per heavy atom. The molecule has 0 fully saturated rings. The van der Waals surface area contributed by atoms with Crippen molar-refractivity contribution >= 4 is 29.9 Å². The molecule has 0 aromatic heterocycles. The molecule has 1 aromatic rings. The number of benzene rings is 1. The minimum absolute atomic E-state index is 0.590. The lowest BCUT2D eigenvalue weighted by atomic mass is 10.4. The SMILES string of the molecule is C1=NSC(Sc2ccccc2)C1. The van der Waals surface area contributed by atoms with Crippen LogP contribution in [0.3, 0.4) is 0 Å². The van der Waals surface area contributed by atoms with Crippen LogP contribution in [0, 0.1) is 0 Å². The van der Waals surface area contributed by atoms with E-state index in [-0.39, 0.29) is 0 Å². The van der Waals surface area contributed by atoms with E-state index in [0.717, 1.165) is 6.42 Å². The van der Waals surface area contributed by atoms with Gasteiger partial charge < -0.3 is 0 Å². The van der Waals surface area contributed by atoms with E-state index in [9.17, 15) is 0 Å². The maximum absolute atomic E-state index is 4.13. The highest BCUT2D eigenvalue weighted by Gasteiger charge is 2.13. The molecule has 0 aliphatic carbocycles. The van der Waals surface area contributed by atoms with Crippen LogP contribution < -0.4 is 0 Å². The second-order valence-corrected chi connectivity index (χ2v) is 5.05. The molecule has 1 atom stereocenters. The molecule has 12 heavy (non-hydrogen) atoms. The van der Waals surface area contributed by atoms with Crippen molar-refractivity contribution in [1.82, 2.24) is 0 Å². The molecular weight excluding hydrogens is 186 g/mol. The van der Waals surface area contributed by atoms with Crippen molar-refractivity contribution in [3.8, 4) is 0 Å². The molecule has 0 saturated heterocycles. The Hall–Kier alpha value is -0.410. The quantitative estimate of drug-likeness (QED) is 0.672. The summed E-state index contributed by atoms with van der Waals surface area (Å²) in [6.45, 7) is 0. The predicted molar refractivity (Wildman–Crippen MR) is 56.8 cm³/mol. The molecule has 1 nitrogen and oxygen atoms in total. The summed E-state index contributed by atoms with van der Waals surface area (Å²) in [6.07, 6.45) is 3.08. The van der Waals surface area contributed by atoms with Gasteiger partial charge in [-0.15, -0.1) is 11.8 Å². The standard InChI is InChI=1S/C9H9NS2/c1-2-4-8(5-3-1)11-9-6-7-10-12-9/h1-5,7,9H,6H2. The van der Waals surface area contributed by atoms with Gasteiger partial charge in [0.1, 0.15) is 0 Å². The molecule has 2 rings (SSSR count). The largest absolute Gasteiger partial charge is 0.228 e. The average molecular weight is 195 g/mol. The molecule has 0 N–H and O–H groups in total. The van der Waals surface area contributed by atoms with E-state index >= 15 is 0 Å². The highest BCUT2D eigenvalue weighted by Crippen LogP contribution is 2.35. The first kappa shape index (κ1) is 8.20. The van der Waals surface area contributed by atoms with Crippen LogP contribution in [-0.4, -0.2) is 10.8 Å². The molecule has 1 heterocycles. The van der Waals surface area contributed by atoms with Crippen LogP contribution in [0.5, 0.6) is 0 Å². The van der Waals surface area contributed by atoms with Gasteiger partial charge in [-0.3, -0.25) is 0 Å². The third-order valence-corrected chi connectivity index (χ3v) is 3.81. The van der Waals surface area contributed by atoms with E-state index < -0.39 is 0 Å². The molecule has 0 spiro atoms. The number of nitrogens with zero attached hydrogens (tertiary/aromatic N) is 1. The van der Waals surface area contributed by atoms with Gasteiger partial charge in [0, 0.05) is 17.5 Å². The van der Waals surface area contributed by atoms with E-state index in [1.807, 2.05) is 24.0 Å². The lowest BCUT2D eigenvalue weighted by molar-refractivity contribution is 1.29. The van der Waals surface area contributed by atoms with Crippen LogP contribution in [0.4, 0.5) is 0 Å². The first-order chi connectivity index (χ1) is 5.95. The van der Waals surface area contributed by atoms with Crippen LogP contribution in [0.15, 0.2) is 39.6 Å². The molecule has 3 heteroatoms. The third-order valence-electron chi connectivity index (χ3n) is 1.56. The van der Waals surface area contributed by atoms with Gasteiger partial charge in [0.15, 0.2) is 0 Å². The summed E-state index contributed by atoms with van der Waals surface area (Å²) >= 11 is 3.56. The van der Waals surface area contributed by atoms with Crippen molar-refractivity contribution in [3.63, 3.8) is 0 Å². The van der Waals surface area contributed by atoms with Crippen molar-refractivity contribution in [2.45, 2.75) is 15.9 Å². The molecule has 1 aromatic carbocycles. The maximum atomic E-state index is 4.13. The van der Waals surface area contributed by atoms with Crippen LogP contribution in [-0.2, 0) is 0 Å². The Morgan fingerprint density at radius 3 is 2.83 bits per heavy atom. The Labute approximate surface area is 80.8 Å². The average Bonchev–Trinajstić information content (AvgIpc) is 2.59. The van der Waals surface area contributed by atoms with Gasteiger partial charge in [0.05, 0.1) is 4.58 Å². The fraction of sp³-hybridized carbons (Fsp3) is 0.222. The Balaban J connectivity index is 1.95. The third kappa shape index (κ3) is 2.05. The normalized spacial score (nSPS) is 21.5. The minimum atomic E-state index is 0.590. The summed E-state index contributed by atoms with van der Waals surface area (Å²) in [4.78, 5) is 1.33. The van der Waals surface area contributed by atoms with Crippen molar-refractivity contribution in [1.29, 1.82) is 0 Å². The Bertz CT molecular complexity index is 263. The molecule has 0 radical (unpaired) electrons. The van der Waals surface area contributed by atoms with Crippen molar-refractivity contribution in [3.05, 3.63) is 30.3 Å². The molecule has 1 aliphatic heterocycles. The second kappa shape index (κ2) is 4.01. The molecule has 0 bridgehead atoms. The molecule has 62 valence electrons. The van der Waals surface area contributed by atoms with Gasteiger partial charge >= 0.3 is 0 Å². The summed E-state index contributed by atoms with van der Waals surface area (Å²) in [5, 5.41) is 0. The van der Waals surface area contributed by atoms with Crippen LogP contribution >= 0.6 is 23.7 Å². The zero-order valence-corrected chi connectivity index (χ0v) is 8.15. The molecule has 1 aliphatic rings. The Kier molecular flexibility index (Phi) is 2.74. The first-order valence-electron chi connectivity index (χ1n) is 3.84. The fourth-order valence-corrected chi connectivity index (χ4v) is 2.94. The van der Waals surface area contributed by atoms with Gasteiger partial charge in [-0.2, -0.15) is 0 Å². The zero-order valence-electron chi connectivity index (χ0n) is 6.51.